The van der Waals surface area contributed by atoms with Gasteiger partial charge in [0.15, 0.2) is 5.03 Å². The average Bonchev–Trinajstić information content (AvgIpc) is 3.20. The minimum atomic E-state index is -0.648. The highest BCUT2D eigenvalue weighted by atomic mass is 16.7. The first-order valence-corrected chi connectivity index (χ1v) is 8.57. The monoisotopic (exact) mass is 355 g/mol. The fourth-order valence-corrected chi connectivity index (χ4v) is 3.18. The summed E-state index contributed by atoms with van der Waals surface area (Å²) < 4.78 is 5.50. The molecule has 0 amide bonds. The smallest absolute Gasteiger partial charge is 0.278 e. The van der Waals surface area contributed by atoms with Crippen molar-refractivity contribution in [3.8, 4) is 6.07 Å². The Bertz CT molecular complexity index is 753. The minimum Gasteiger partial charge on any atom is -0.381 e. The summed E-state index contributed by atoms with van der Waals surface area (Å²) >= 11 is 0. The van der Waals surface area contributed by atoms with Gasteiger partial charge < -0.3 is 14.5 Å². The molecule has 2 aliphatic heterocycles. The van der Waals surface area contributed by atoms with Crippen LogP contribution in [0.5, 0.6) is 0 Å². The topological polar surface area (TPSA) is 95.0 Å². The molecule has 26 heavy (non-hydrogen) atoms. The van der Waals surface area contributed by atoms with Crippen molar-refractivity contribution in [1.29, 1.82) is 5.26 Å². The summed E-state index contributed by atoms with van der Waals surface area (Å²) in [6, 6.07) is 9.23. The summed E-state index contributed by atoms with van der Waals surface area (Å²) in [5, 5.41) is 22.8. The third-order valence-electron chi connectivity index (χ3n) is 4.78. The molecule has 2 fully saturated rings. The van der Waals surface area contributed by atoms with Crippen LogP contribution in [0.3, 0.4) is 0 Å². The second-order valence-electron chi connectivity index (χ2n) is 6.60. The molecule has 2 unspecified atom stereocenters. The number of benzene rings is 1. The Morgan fingerprint density at radius 1 is 1.38 bits per heavy atom. The number of nitriles is 1. The van der Waals surface area contributed by atoms with Gasteiger partial charge in [-0.2, -0.15) is 5.26 Å². The van der Waals surface area contributed by atoms with Crippen LogP contribution in [0.2, 0.25) is 0 Å². The van der Waals surface area contributed by atoms with Crippen LogP contribution >= 0.6 is 0 Å². The lowest BCUT2D eigenvalue weighted by Gasteiger charge is -2.23. The molecular weight excluding hydrogens is 334 g/mol. The lowest BCUT2D eigenvalue weighted by molar-refractivity contribution is -0.486. The summed E-state index contributed by atoms with van der Waals surface area (Å²) in [6.07, 6.45) is 3.67. The molecule has 0 aliphatic carbocycles. The lowest BCUT2D eigenvalue weighted by Crippen LogP contribution is -2.37. The number of guanidine groups is 1. The normalized spacial score (nSPS) is 24.5. The van der Waals surface area contributed by atoms with Gasteiger partial charge in [0, 0.05) is 38.4 Å². The maximum atomic E-state index is 11.0. The zero-order valence-electron chi connectivity index (χ0n) is 14.6. The van der Waals surface area contributed by atoms with E-state index in [1.54, 1.807) is 23.2 Å². The highest BCUT2D eigenvalue weighted by Gasteiger charge is 2.33. The molecule has 0 spiro atoms. The first kappa shape index (κ1) is 17.9. The number of hydrazone groups is 1. The molecule has 0 radical (unpaired) electrons. The van der Waals surface area contributed by atoms with Crippen molar-refractivity contribution in [2.45, 2.75) is 6.92 Å². The Hall–Kier alpha value is -2.92. The number of hydrogen-bond donors (Lipinski definition) is 0. The van der Waals surface area contributed by atoms with Gasteiger partial charge in [0.1, 0.15) is 5.10 Å². The predicted molar refractivity (Wildman–Crippen MR) is 96.4 cm³/mol. The Kier molecular flexibility index (Phi) is 5.49. The number of hydrogen-bond acceptors (Lipinski definition) is 4. The molecule has 2 aliphatic rings. The molecule has 0 aromatic heterocycles. The van der Waals surface area contributed by atoms with Crippen LogP contribution in [0.25, 0.3) is 6.08 Å². The second-order valence-corrected chi connectivity index (χ2v) is 6.60. The number of nitro groups is 1. The first-order valence-electron chi connectivity index (χ1n) is 8.57. The third-order valence-corrected chi connectivity index (χ3v) is 4.78. The molecular formula is C18H21N5O3. The van der Waals surface area contributed by atoms with E-state index in [1.165, 1.54) is 0 Å². The van der Waals surface area contributed by atoms with Crippen LogP contribution in [-0.2, 0) is 4.74 Å². The maximum Gasteiger partial charge on any atom is 0.278 e. The Morgan fingerprint density at radius 3 is 2.77 bits per heavy atom. The van der Waals surface area contributed by atoms with Gasteiger partial charge in [0.25, 0.3) is 5.96 Å². The molecule has 8 heteroatoms. The molecule has 136 valence electrons. The van der Waals surface area contributed by atoms with Gasteiger partial charge in [-0.25, -0.2) is 10.1 Å². The summed E-state index contributed by atoms with van der Waals surface area (Å²) in [4.78, 5) is 14.7. The zero-order valence-corrected chi connectivity index (χ0v) is 14.6. The Labute approximate surface area is 152 Å². The molecule has 2 heterocycles. The average molecular weight is 355 g/mol. The van der Waals surface area contributed by atoms with Gasteiger partial charge >= 0.3 is 0 Å². The number of ether oxygens (including phenoxy) is 1. The lowest BCUT2D eigenvalue weighted by atomic mass is 9.98. The highest BCUT2D eigenvalue weighted by Crippen LogP contribution is 2.23. The van der Waals surface area contributed by atoms with Crippen LogP contribution in [0.4, 0.5) is 0 Å². The van der Waals surface area contributed by atoms with Crippen molar-refractivity contribution in [3.63, 3.8) is 0 Å². The van der Waals surface area contributed by atoms with Crippen molar-refractivity contribution in [2.75, 3.05) is 32.8 Å². The first-order chi connectivity index (χ1) is 12.6. The summed E-state index contributed by atoms with van der Waals surface area (Å²) in [7, 11) is 0. The SMILES string of the molecule is CC1COCC1CN1CCN(C=Cc2ccc(C#N)cc2)C1=N[N+](=O)[O-]. The standard InChI is InChI=1S/C18H21N5O3/c1-14-12-26-13-17(14)11-22-9-8-21(18(22)20-23(24)25)7-6-15-2-4-16(10-19)5-3-15/h2-7,14,17H,8-9,11-13H2,1H3. The second kappa shape index (κ2) is 7.97. The fourth-order valence-electron chi connectivity index (χ4n) is 3.18. The summed E-state index contributed by atoms with van der Waals surface area (Å²) in [6.45, 7) is 5.59. The van der Waals surface area contributed by atoms with Gasteiger partial charge in [0.2, 0.25) is 0 Å². The predicted octanol–water partition coefficient (Wildman–Crippen LogP) is 1.98. The summed E-state index contributed by atoms with van der Waals surface area (Å²) in [5.41, 5.74) is 1.51. The van der Waals surface area contributed by atoms with E-state index < -0.39 is 5.03 Å². The molecule has 2 atom stereocenters. The van der Waals surface area contributed by atoms with E-state index in [1.807, 2.05) is 23.1 Å². The van der Waals surface area contributed by atoms with E-state index in [-0.39, 0.29) is 0 Å². The largest absolute Gasteiger partial charge is 0.381 e. The van der Waals surface area contributed by atoms with E-state index in [2.05, 4.69) is 18.1 Å². The van der Waals surface area contributed by atoms with E-state index in [0.29, 0.717) is 49.6 Å². The fraction of sp³-hybridized carbons (Fsp3) is 0.444. The quantitative estimate of drug-likeness (QED) is 0.592. The molecule has 1 aromatic carbocycles. The summed E-state index contributed by atoms with van der Waals surface area (Å²) in [5.74, 6) is 1.16. The Balaban J connectivity index is 1.72. The van der Waals surface area contributed by atoms with Gasteiger partial charge in [-0.05, 0) is 29.7 Å². The van der Waals surface area contributed by atoms with Crippen LogP contribution in [0, 0.1) is 33.3 Å². The third kappa shape index (κ3) is 4.18. The van der Waals surface area contributed by atoms with Crippen molar-refractivity contribution < 1.29 is 9.77 Å². The van der Waals surface area contributed by atoms with Gasteiger partial charge in [-0.3, -0.25) is 0 Å². The van der Waals surface area contributed by atoms with Crippen molar-refractivity contribution in [3.05, 3.63) is 51.7 Å². The number of nitrogens with zero attached hydrogens (tertiary/aromatic N) is 5. The molecule has 0 bridgehead atoms. The maximum absolute atomic E-state index is 11.0. The molecule has 0 N–H and O–H groups in total. The molecule has 8 nitrogen and oxygen atoms in total. The van der Waals surface area contributed by atoms with Crippen LogP contribution < -0.4 is 0 Å². The van der Waals surface area contributed by atoms with Crippen LogP contribution in [0.1, 0.15) is 18.1 Å². The van der Waals surface area contributed by atoms with Crippen molar-refractivity contribution in [1.82, 2.24) is 9.80 Å². The van der Waals surface area contributed by atoms with E-state index in [0.717, 1.165) is 12.2 Å². The highest BCUT2D eigenvalue weighted by molar-refractivity contribution is 5.83. The van der Waals surface area contributed by atoms with Gasteiger partial charge in [0.05, 0.1) is 18.2 Å². The van der Waals surface area contributed by atoms with E-state index in [9.17, 15) is 10.1 Å². The van der Waals surface area contributed by atoms with Crippen LogP contribution in [0.15, 0.2) is 35.6 Å². The molecule has 3 rings (SSSR count). The van der Waals surface area contributed by atoms with Crippen LogP contribution in [-0.4, -0.2) is 53.6 Å². The van der Waals surface area contributed by atoms with Crippen molar-refractivity contribution >= 4 is 12.0 Å². The van der Waals surface area contributed by atoms with Gasteiger partial charge in [-0.1, -0.05) is 19.1 Å². The van der Waals surface area contributed by atoms with Gasteiger partial charge in [-0.15, -0.1) is 0 Å². The Morgan fingerprint density at radius 2 is 2.15 bits per heavy atom. The van der Waals surface area contributed by atoms with E-state index >= 15 is 0 Å². The molecule has 0 saturated carbocycles. The molecule has 1 aromatic rings. The van der Waals surface area contributed by atoms with Crippen molar-refractivity contribution in [2.24, 2.45) is 16.9 Å². The minimum absolute atomic E-state index is 0.356. The number of rotatable bonds is 5. The zero-order chi connectivity index (χ0) is 18.5. The van der Waals surface area contributed by atoms with E-state index in [4.69, 9.17) is 10.00 Å². The molecule has 2 saturated heterocycles.